The highest BCUT2D eigenvalue weighted by atomic mass is 16.7. The van der Waals surface area contributed by atoms with E-state index in [1.165, 1.54) is 14.2 Å². The maximum atomic E-state index is 14.3. The fraction of sp³-hybridized carbons (Fsp3) is 0.833. The Morgan fingerprint density at radius 3 is 1.92 bits per heavy atom. The molecular formula is C36H66N6O10. The molecule has 52 heavy (non-hydrogen) atoms. The third kappa shape index (κ3) is 12.9. The van der Waals surface area contributed by atoms with Crippen LogP contribution >= 0.6 is 0 Å². The second kappa shape index (κ2) is 21.9. The first kappa shape index (κ1) is 46.5. The minimum Gasteiger partial charge on any atom is -0.424 e. The van der Waals surface area contributed by atoms with Gasteiger partial charge in [-0.1, -0.05) is 68.7 Å². The van der Waals surface area contributed by atoms with Crippen LogP contribution in [0.1, 0.15) is 88.0 Å². The molecular weight excluding hydrogens is 676 g/mol. The third-order valence-electron chi connectivity index (χ3n) is 9.93. The van der Waals surface area contributed by atoms with Crippen molar-refractivity contribution in [3.63, 3.8) is 0 Å². The average molecular weight is 743 g/mol. The normalized spacial score (nSPS) is 19.2. The number of carbonyl (C=O) groups excluding carboxylic acids is 6. The molecule has 9 atom stereocenters. The average Bonchev–Trinajstić information content (AvgIpc) is 3.57. The predicted molar refractivity (Wildman–Crippen MR) is 194 cm³/mol. The standard InChI is InChI=1S/C36H66N6O10/c1-13-22(8)30(25(49-11)17-26(43)42-16-14-15-24(42)31(50-12)23(9)32(38)45)41(10)34(47)29(20(4)5)39-33(46)28(19(2)3)40-36(48)52-35(21(6)7)51-27(44)18-37/h19-25,28-31,35H,13-18,37H2,1-12H3,(H2,38,45)(H,39,46)(H,40,48)/t22?,23?,24?,25?,28?,29-,30?,31?,35?/m0/s1. The Labute approximate surface area is 309 Å². The van der Waals surface area contributed by atoms with Crippen molar-refractivity contribution in [2.45, 2.75) is 131 Å². The fourth-order valence-corrected chi connectivity index (χ4v) is 6.57. The third-order valence-corrected chi connectivity index (χ3v) is 9.93. The molecule has 0 aromatic carbocycles. The van der Waals surface area contributed by atoms with Gasteiger partial charge in [0, 0.05) is 33.7 Å². The second-order valence-electron chi connectivity index (χ2n) is 14.8. The summed E-state index contributed by atoms with van der Waals surface area (Å²) < 4.78 is 22.0. The molecule has 16 heteroatoms. The van der Waals surface area contributed by atoms with Crippen LogP contribution in [0.5, 0.6) is 0 Å². The van der Waals surface area contributed by atoms with Crippen molar-refractivity contribution in [1.82, 2.24) is 20.4 Å². The van der Waals surface area contributed by atoms with E-state index in [0.717, 1.165) is 6.42 Å². The number of amides is 5. The number of likely N-dealkylation sites (N-methyl/N-ethyl adjacent to an activating group) is 1. The quantitative estimate of drug-likeness (QED) is 0.0980. The van der Waals surface area contributed by atoms with Crippen LogP contribution in [-0.2, 0) is 42.9 Å². The molecule has 300 valence electrons. The Morgan fingerprint density at radius 2 is 1.46 bits per heavy atom. The molecule has 0 saturated carbocycles. The zero-order valence-corrected chi connectivity index (χ0v) is 33.3. The van der Waals surface area contributed by atoms with Gasteiger partial charge >= 0.3 is 12.1 Å². The van der Waals surface area contributed by atoms with E-state index in [9.17, 15) is 28.8 Å². The van der Waals surface area contributed by atoms with Crippen LogP contribution in [0.15, 0.2) is 0 Å². The molecule has 1 saturated heterocycles. The van der Waals surface area contributed by atoms with Crippen molar-refractivity contribution in [1.29, 1.82) is 0 Å². The summed E-state index contributed by atoms with van der Waals surface area (Å²) in [6.07, 6.45) is -1.42. The summed E-state index contributed by atoms with van der Waals surface area (Å²) in [5.41, 5.74) is 10.9. The van der Waals surface area contributed by atoms with Gasteiger partial charge in [0.05, 0.1) is 43.2 Å². The van der Waals surface area contributed by atoms with Crippen LogP contribution in [0.3, 0.4) is 0 Å². The monoisotopic (exact) mass is 742 g/mol. The minimum atomic E-state index is -1.22. The molecule has 6 N–H and O–H groups in total. The molecule has 1 aliphatic heterocycles. The molecule has 5 amide bonds. The number of alkyl carbamates (subject to hydrolysis) is 1. The van der Waals surface area contributed by atoms with Crippen LogP contribution in [-0.4, -0.2) is 123 Å². The van der Waals surface area contributed by atoms with E-state index in [-0.39, 0.29) is 36.1 Å². The highest BCUT2D eigenvalue weighted by Gasteiger charge is 2.43. The maximum absolute atomic E-state index is 14.3. The van der Waals surface area contributed by atoms with Crippen molar-refractivity contribution >= 4 is 35.7 Å². The van der Waals surface area contributed by atoms with Gasteiger partial charge in [0.2, 0.25) is 23.6 Å². The van der Waals surface area contributed by atoms with Crippen molar-refractivity contribution in [2.24, 2.45) is 41.1 Å². The lowest BCUT2D eigenvalue weighted by Gasteiger charge is -2.41. The van der Waals surface area contributed by atoms with E-state index in [4.69, 9.17) is 30.4 Å². The molecule has 0 bridgehead atoms. The molecule has 0 spiro atoms. The van der Waals surface area contributed by atoms with Gasteiger partial charge in [-0.15, -0.1) is 0 Å². The van der Waals surface area contributed by atoms with Gasteiger partial charge in [-0.2, -0.15) is 0 Å². The molecule has 1 heterocycles. The lowest BCUT2D eigenvalue weighted by Crippen LogP contribution is -2.60. The largest absolute Gasteiger partial charge is 0.424 e. The first-order valence-corrected chi connectivity index (χ1v) is 18.4. The summed E-state index contributed by atoms with van der Waals surface area (Å²) in [4.78, 5) is 81.6. The molecule has 0 aromatic rings. The number of primary amides is 1. The number of ether oxygens (including phenoxy) is 4. The van der Waals surface area contributed by atoms with Crippen LogP contribution in [0.2, 0.25) is 0 Å². The number of methoxy groups -OCH3 is 2. The van der Waals surface area contributed by atoms with E-state index in [1.807, 2.05) is 13.8 Å². The highest BCUT2D eigenvalue weighted by Crippen LogP contribution is 2.29. The number of likely N-dealkylation sites (tertiary alicyclic amines) is 1. The molecule has 0 aromatic heterocycles. The number of hydrogen-bond acceptors (Lipinski definition) is 11. The van der Waals surface area contributed by atoms with Crippen LogP contribution in [0.25, 0.3) is 0 Å². The van der Waals surface area contributed by atoms with Crippen molar-refractivity contribution in [2.75, 3.05) is 34.4 Å². The first-order valence-electron chi connectivity index (χ1n) is 18.4. The fourth-order valence-electron chi connectivity index (χ4n) is 6.57. The van der Waals surface area contributed by atoms with E-state index in [1.54, 1.807) is 65.3 Å². The van der Waals surface area contributed by atoms with E-state index in [0.29, 0.717) is 19.4 Å². The van der Waals surface area contributed by atoms with Crippen molar-refractivity contribution in [3.8, 4) is 0 Å². The van der Waals surface area contributed by atoms with Gasteiger partial charge in [0.25, 0.3) is 6.29 Å². The summed E-state index contributed by atoms with van der Waals surface area (Å²) >= 11 is 0. The first-order chi connectivity index (χ1) is 24.3. The Kier molecular flexibility index (Phi) is 19.6. The summed E-state index contributed by atoms with van der Waals surface area (Å²) in [5, 5.41) is 5.37. The molecule has 1 fully saturated rings. The SMILES string of the molecule is CCC(C)C(C(CC(=O)N1CCCC1C(OC)C(C)C(N)=O)OC)N(C)C(=O)[C@@H](NC(=O)C(NC(=O)OC(OC(=O)CN)C(C)C)C(C)C)C(C)C. The van der Waals surface area contributed by atoms with E-state index < -0.39 is 84.8 Å². The molecule has 0 radical (unpaired) electrons. The number of carbonyl (C=O) groups is 6. The van der Waals surface area contributed by atoms with Gasteiger partial charge in [-0.3, -0.25) is 24.0 Å². The summed E-state index contributed by atoms with van der Waals surface area (Å²) in [5.74, 6) is -4.31. The summed E-state index contributed by atoms with van der Waals surface area (Å²) in [6, 6.07) is -2.98. The summed E-state index contributed by atoms with van der Waals surface area (Å²) in [6.45, 7) is 16.2. The Hall–Kier alpha value is -3.50. The van der Waals surface area contributed by atoms with Gasteiger partial charge in [0.1, 0.15) is 12.1 Å². The summed E-state index contributed by atoms with van der Waals surface area (Å²) in [7, 11) is 4.64. The molecule has 0 aliphatic carbocycles. The minimum absolute atomic E-state index is 0.0286. The van der Waals surface area contributed by atoms with E-state index in [2.05, 4.69) is 10.6 Å². The van der Waals surface area contributed by atoms with Crippen molar-refractivity contribution in [3.05, 3.63) is 0 Å². The van der Waals surface area contributed by atoms with Gasteiger partial charge < -0.3 is 50.8 Å². The van der Waals surface area contributed by atoms with Gasteiger partial charge in [0.15, 0.2) is 0 Å². The topological polar surface area (TPSA) is 222 Å². The smallest absolute Gasteiger partial charge is 0.410 e. The van der Waals surface area contributed by atoms with Gasteiger partial charge in [-0.05, 0) is 30.6 Å². The Morgan fingerprint density at radius 1 is 0.865 bits per heavy atom. The van der Waals surface area contributed by atoms with Crippen LogP contribution < -0.4 is 22.1 Å². The number of nitrogens with zero attached hydrogens (tertiary/aromatic N) is 2. The molecule has 16 nitrogen and oxygen atoms in total. The zero-order chi connectivity index (χ0) is 40.0. The van der Waals surface area contributed by atoms with E-state index >= 15 is 0 Å². The lowest BCUT2D eigenvalue weighted by atomic mass is 9.89. The Balaban J connectivity index is 3.25. The molecule has 8 unspecified atom stereocenters. The number of nitrogens with two attached hydrogens (primary N) is 2. The molecule has 1 rings (SSSR count). The number of esters is 1. The zero-order valence-electron chi connectivity index (χ0n) is 33.3. The van der Waals surface area contributed by atoms with Crippen molar-refractivity contribution < 1.29 is 47.7 Å². The number of rotatable bonds is 21. The molecule has 1 aliphatic rings. The Bertz CT molecular complexity index is 1200. The lowest BCUT2D eigenvalue weighted by molar-refractivity contribution is -0.173. The number of nitrogens with one attached hydrogen (secondary N) is 2. The predicted octanol–water partition coefficient (Wildman–Crippen LogP) is 1.77. The number of hydrogen-bond donors (Lipinski definition) is 4. The highest BCUT2D eigenvalue weighted by molar-refractivity contribution is 5.91. The van der Waals surface area contributed by atoms with Crippen LogP contribution in [0, 0.1) is 29.6 Å². The van der Waals surface area contributed by atoms with Crippen LogP contribution in [0.4, 0.5) is 4.79 Å². The second-order valence-corrected chi connectivity index (χ2v) is 14.8. The maximum Gasteiger partial charge on any atom is 0.410 e. The van der Waals surface area contributed by atoms with Gasteiger partial charge in [-0.25, -0.2) is 4.79 Å².